The molecule has 0 aliphatic heterocycles. The van der Waals surface area contributed by atoms with E-state index in [9.17, 15) is 5.11 Å². The number of anilines is 1. The minimum atomic E-state index is -0.689. The number of benzene rings is 1. The van der Waals surface area contributed by atoms with Crippen LogP contribution in [0.15, 0.2) is 24.3 Å². The molecule has 0 aromatic heterocycles. The molecular weight excluding hydrogens is 174 g/mol. The van der Waals surface area contributed by atoms with Crippen molar-refractivity contribution in [3.8, 4) is 0 Å². The zero-order valence-corrected chi connectivity index (χ0v) is 8.53. The molecule has 3 N–H and O–H groups in total. The van der Waals surface area contributed by atoms with Crippen LogP contribution in [-0.2, 0) is 5.60 Å². The summed E-state index contributed by atoms with van der Waals surface area (Å²) in [5.41, 5.74) is 6.82. The second-order valence-corrected chi connectivity index (χ2v) is 4.30. The average Bonchev–Trinajstić information content (AvgIpc) is 2.49. The fraction of sp³-hybridized carbons (Fsp3) is 0.500. The van der Waals surface area contributed by atoms with Gasteiger partial charge < -0.3 is 10.8 Å². The van der Waals surface area contributed by atoms with E-state index in [1.54, 1.807) is 0 Å². The van der Waals surface area contributed by atoms with Crippen LogP contribution in [0.5, 0.6) is 0 Å². The second kappa shape index (κ2) is 3.28. The van der Waals surface area contributed by atoms with Crippen LogP contribution in [0.4, 0.5) is 5.69 Å². The van der Waals surface area contributed by atoms with Crippen LogP contribution in [0.3, 0.4) is 0 Å². The van der Waals surface area contributed by atoms with Crippen molar-refractivity contribution >= 4 is 5.69 Å². The summed E-state index contributed by atoms with van der Waals surface area (Å²) >= 11 is 0. The van der Waals surface area contributed by atoms with Crippen LogP contribution in [0.25, 0.3) is 0 Å². The predicted molar refractivity (Wildman–Crippen MR) is 57.8 cm³/mol. The largest absolute Gasteiger partial charge is 0.398 e. The Kier molecular flexibility index (Phi) is 2.23. The highest BCUT2D eigenvalue weighted by molar-refractivity contribution is 5.50. The van der Waals surface area contributed by atoms with E-state index in [2.05, 4.69) is 6.92 Å². The first-order chi connectivity index (χ1) is 6.64. The van der Waals surface area contributed by atoms with Crippen molar-refractivity contribution < 1.29 is 5.11 Å². The molecule has 1 aromatic carbocycles. The quantitative estimate of drug-likeness (QED) is 0.669. The van der Waals surface area contributed by atoms with Crippen LogP contribution in [0.1, 0.15) is 31.7 Å². The first kappa shape index (κ1) is 9.53. The Hall–Kier alpha value is -1.02. The predicted octanol–water partition coefficient (Wildman–Crippen LogP) is 2.28. The van der Waals surface area contributed by atoms with Gasteiger partial charge >= 0.3 is 0 Å². The molecule has 14 heavy (non-hydrogen) atoms. The Morgan fingerprint density at radius 3 is 2.71 bits per heavy atom. The number of nitrogens with two attached hydrogens (primary N) is 1. The first-order valence-corrected chi connectivity index (χ1v) is 5.22. The molecule has 1 aliphatic carbocycles. The van der Waals surface area contributed by atoms with Crippen LogP contribution in [-0.4, -0.2) is 5.11 Å². The molecule has 0 radical (unpaired) electrons. The molecule has 0 heterocycles. The highest BCUT2D eigenvalue weighted by atomic mass is 16.3. The van der Waals surface area contributed by atoms with Gasteiger partial charge in [-0.3, -0.25) is 0 Å². The Balaban J connectivity index is 2.43. The SMILES string of the molecule is C[C@H]1CCC[C@]1(O)c1ccccc1N. The topological polar surface area (TPSA) is 46.2 Å². The molecule has 2 heteroatoms. The van der Waals surface area contributed by atoms with Crippen LogP contribution >= 0.6 is 0 Å². The number of aliphatic hydroxyl groups is 1. The minimum Gasteiger partial charge on any atom is -0.398 e. The number of para-hydroxylation sites is 1. The average molecular weight is 191 g/mol. The third-order valence-electron chi connectivity index (χ3n) is 3.44. The van der Waals surface area contributed by atoms with Gasteiger partial charge in [-0.25, -0.2) is 0 Å². The number of rotatable bonds is 1. The summed E-state index contributed by atoms with van der Waals surface area (Å²) in [5.74, 6) is 0.312. The monoisotopic (exact) mass is 191 g/mol. The summed E-state index contributed by atoms with van der Waals surface area (Å²) in [7, 11) is 0. The van der Waals surface area contributed by atoms with Gasteiger partial charge in [0, 0.05) is 11.3 Å². The summed E-state index contributed by atoms with van der Waals surface area (Å²) in [5, 5.41) is 10.5. The zero-order valence-electron chi connectivity index (χ0n) is 8.53. The highest BCUT2D eigenvalue weighted by Gasteiger charge is 2.40. The van der Waals surface area contributed by atoms with Crippen LogP contribution in [0.2, 0.25) is 0 Å². The molecule has 2 atom stereocenters. The number of nitrogen functional groups attached to an aromatic ring is 1. The van der Waals surface area contributed by atoms with E-state index < -0.39 is 5.60 Å². The summed E-state index contributed by atoms with van der Waals surface area (Å²) in [6, 6.07) is 7.64. The third-order valence-corrected chi connectivity index (χ3v) is 3.44. The Morgan fingerprint density at radius 2 is 2.14 bits per heavy atom. The fourth-order valence-electron chi connectivity index (χ4n) is 2.45. The van der Waals surface area contributed by atoms with Crippen LogP contribution in [0, 0.1) is 5.92 Å². The van der Waals surface area contributed by atoms with Crippen molar-refractivity contribution in [2.45, 2.75) is 31.8 Å². The summed E-state index contributed by atoms with van der Waals surface area (Å²) < 4.78 is 0. The molecular formula is C12H17NO. The van der Waals surface area contributed by atoms with Gasteiger partial charge in [-0.15, -0.1) is 0 Å². The van der Waals surface area contributed by atoms with Gasteiger partial charge in [-0.05, 0) is 31.2 Å². The van der Waals surface area contributed by atoms with Gasteiger partial charge in [0.25, 0.3) is 0 Å². The molecule has 0 unspecified atom stereocenters. The van der Waals surface area contributed by atoms with Gasteiger partial charge in [-0.1, -0.05) is 25.1 Å². The first-order valence-electron chi connectivity index (χ1n) is 5.22. The maximum Gasteiger partial charge on any atom is 0.0941 e. The van der Waals surface area contributed by atoms with E-state index in [1.165, 1.54) is 0 Å². The van der Waals surface area contributed by atoms with Gasteiger partial charge in [0.1, 0.15) is 0 Å². The van der Waals surface area contributed by atoms with E-state index in [0.29, 0.717) is 11.6 Å². The van der Waals surface area contributed by atoms with Crippen LogP contribution < -0.4 is 5.73 Å². The molecule has 0 saturated heterocycles. The molecule has 0 spiro atoms. The normalized spacial score (nSPS) is 32.0. The highest BCUT2D eigenvalue weighted by Crippen LogP contribution is 2.44. The lowest BCUT2D eigenvalue weighted by Gasteiger charge is -2.29. The smallest absolute Gasteiger partial charge is 0.0941 e. The van der Waals surface area contributed by atoms with Crippen molar-refractivity contribution in [2.24, 2.45) is 5.92 Å². The second-order valence-electron chi connectivity index (χ2n) is 4.30. The van der Waals surface area contributed by atoms with Gasteiger partial charge in [0.05, 0.1) is 5.60 Å². The zero-order chi connectivity index (χ0) is 10.2. The van der Waals surface area contributed by atoms with Gasteiger partial charge in [0.15, 0.2) is 0 Å². The maximum atomic E-state index is 10.5. The molecule has 2 rings (SSSR count). The van der Waals surface area contributed by atoms with E-state index in [0.717, 1.165) is 24.8 Å². The Bertz CT molecular complexity index is 337. The molecule has 2 nitrogen and oxygen atoms in total. The minimum absolute atomic E-state index is 0.312. The Morgan fingerprint density at radius 1 is 1.43 bits per heavy atom. The fourth-order valence-corrected chi connectivity index (χ4v) is 2.45. The summed E-state index contributed by atoms with van der Waals surface area (Å²) in [6.45, 7) is 2.10. The van der Waals surface area contributed by atoms with Crippen molar-refractivity contribution in [1.29, 1.82) is 0 Å². The summed E-state index contributed by atoms with van der Waals surface area (Å²) in [6.07, 6.45) is 3.01. The molecule has 1 saturated carbocycles. The standard InChI is InChI=1S/C12H17NO/c1-9-5-4-8-12(9,14)10-6-2-3-7-11(10)13/h2-3,6-7,9,14H,4-5,8,13H2,1H3/t9-,12+/m0/s1. The molecule has 0 amide bonds. The number of hydrogen-bond acceptors (Lipinski definition) is 2. The summed E-state index contributed by atoms with van der Waals surface area (Å²) in [4.78, 5) is 0. The van der Waals surface area contributed by atoms with Gasteiger partial charge in [-0.2, -0.15) is 0 Å². The van der Waals surface area contributed by atoms with Crippen molar-refractivity contribution in [2.75, 3.05) is 5.73 Å². The molecule has 1 aliphatic rings. The third kappa shape index (κ3) is 1.30. The number of hydrogen-bond donors (Lipinski definition) is 2. The van der Waals surface area contributed by atoms with Crippen molar-refractivity contribution in [1.82, 2.24) is 0 Å². The van der Waals surface area contributed by atoms with E-state index in [-0.39, 0.29) is 0 Å². The Labute approximate surface area is 84.7 Å². The maximum absolute atomic E-state index is 10.5. The molecule has 76 valence electrons. The van der Waals surface area contributed by atoms with Crippen molar-refractivity contribution in [3.63, 3.8) is 0 Å². The lowest BCUT2D eigenvalue weighted by molar-refractivity contribution is 0.00523. The van der Waals surface area contributed by atoms with E-state index in [4.69, 9.17) is 5.73 Å². The molecule has 1 aromatic rings. The van der Waals surface area contributed by atoms with E-state index in [1.807, 2.05) is 24.3 Å². The van der Waals surface area contributed by atoms with Crippen molar-refractivity contribution in [3.05, 3.63) is 29.8 Å². The lowest BCUT2D eigenvalue weighted by Crippen LogP contribution is -2.29. The lowest BCUT2D eigenvalue weighted by atomic mass is 9.84. The van der Waals surface area contributed by atoms with Gasteiger partial charge in [0.2, 0.25) is 0 Å². The molecule has 0 bridgehead atoms. The molecule has 1 fully saturated rings. The van der Waals surface area contributed by atoms with E-state index >= 15 is 0 Å².